The molecule has 0 rings (SSSR count). The Hall–Kier alpha value is 0.0900. The van der Waals surface area contributed by atoms with E-state index in [9.17, 15) is 21.6 Å². The molecule has 0 aromatic heterocycles. The zero-order valence-corrected chi connectivity index (χ0v) is 5.90. The molecule has 9 heavy (non-hydrogen) atoms. The van der Waals surface area contributed by atoms with E-state index in [1.54, 1.807) is 0 Å². The lowest BCUT2D eigenvalue weighted by atomic mass is 11.6. The Bertz CT molecular complexity index is 178. The molecule has 0 N–H and O–H groups in total. The molecule has 0 atom stereocenters. The van der Waals surface area contributed by atoms with Gasteiger partial charge < -0.3 is 0 Å². The Morgan fingerprint density at radius 3 is 1.67 bits per heavy atom. The molecule has 0 amide bonds. The first kappa shape index (κ1) is 9.09. The molecule has 0 heterocycles. The fourth-order valence-electron chi connectivity index (χ4n) is 0.0945. The van der Waals surface area contributed by atoms with Crippen LogP contribution in [0.2, 0.25) is 0 Å². The van der Waals surface area contributed by atoms with Crippen molar-refractivity contribution in [3.8, 4) is 0 Å². The van der Waals surface area contributed by atoms with E-state index in [1.165, 1.54) is 0 Å². The van der Waals surface area contributed by atoms with Gasteiger partial charge in [0.2, 0.25) is 0 Å². The highest BCUT2D eigenvalue weighted by atomic mass is 33.1. The van der Waals surface area contributed by atoms with Crippen LogP contribution in [-0.2, 0) is 8.87 Å². The second-order valence-corrected chi connectivity index (χ2v) is 5.09. The van der Waals surface area contributed by atoms with Gasteiger partial charge in [-0.2, -0.15) is 13.2 Å². The van der Waals surface area contributed by atoms with Crippen LogP contribution in [0.1, 0.15) is 0 Å². The third-order valence-corrected chi connectivity index (χ3v) is 3.39. The highest BCUT2D eigenvalue weighted by molar-refractivity contribution is 8.72. The van der Waals surface area contributed by atoms with Gasteiger partial charge in [0.05, 0.1) is 0 Å². The first-order chi connectivity index (χ1) is 3.81. The summed E-state index contributed by atoms with van der Waals surface area (Å²) in [7, 11) is -5.14. The maximum atomic E-state index is 11.2. The molecule has 0 unspecified atom stereocenters. The lowest BCUT2D eigenvalue weighted by Gasteiger charge is -2.02. The molecule has 0 bridgehead atoms. The molecule has 7 heteroatoms. The molecule has 0 aromatic rings. The highest BCUT2D eigenvalue weighted by Gasteiger charge is 2.45. The lowest BCUT2D eigenvalue weighted by molar-refractivity contribution is -0.0410. The summed E-state index contributed by atoms with van der Waals surface area (Å²) in [6.07, 6.45) is 0.864. The minimum Gasteiger partial charge on any atom is -0.208 e. The Kier molecular flexibility index (Phi) is 2.40. The van der Waals surface area contributed by atoms with Crippen molar-refractivity contribution in [2.45, 2.75) is 5.51 Å². The van der Waals surface area contributed by atoms with Crippen LogP contribution < -0.4 is 0 Å². The maximum Gasteiger partial charge on any atom is 0.507 e. The zero-order valence-electron chi connectivity index (χ0n) is 4.27. The summed E-state index contributed by atoms with van der Waals surface area (Å²) in [4.78, 5) is 0. The molecule has 0 aromatic carbocycles. The SMILES string of the molecule is CSS(=O)(=O)C(F)(F)F. The van der Waals surface area contributed by atoms with Gasteiger partial charge in [-0.1, -0.05) is 0 Å². The average Bonchev–Trinajstić information content (AvgIpc) is 1.64. The van der Waals surface area contributed by atoms with Crippen LogP contribution in [0, 0.1) is 0 Å². The third kappa shape index (κ3) is 2.05. The molecular formula is C2H3F3O2S2. The number of alkyl halides is 3. The van der Waals surface area contributed by atoms with E-state index in [1.807, 2.05) is 0 Å². The Labute approximate surface area is 53.7 Å². The number of hydrogen-bond donors (Lipinski definition) is 0. The van der Waals surface area contributed by atoms with E-state index < -0.39 is 14.4 Å². The van der Waals surface area contributed by atoms with Crippen molar-refractivity contribution in [3.05, 3.63) is 0 Å². The number of hydrogen-bond acceptors (Lipinski definition) is 3. The normalized spacial score (nSPS) is 13.8. The van der Waals surface area contributed by atoms with Gasteiger partial charge in [0.15, 0.2) is 0 Å². The van der Waals surface area contributed by atoms with Crippen LogP contribution in [0.4, 0.5) is 13.2 Å². The van der Waals surface area contributed by atoms with E-state index in [0.717, 1.165) is 6.26 Å². The summed E-state index contributed by atoms with van der Waals surface area (Å²) in [5, 5.41) is 0. The summed E-state index contributed by atoms with van der Waals surface area (Å²) in [5.41, 5.74) is -5.12. The summed E-state index contributed by atoms with van der Waals surface area (Å²) in [5.74, 6) is 0. The molecule has 0 radical (unpaired) electrons. The number of rotatable bonds is 1. The van der Waals surface area contributed by atoms with Crippen LogP contribution in [0.5, 0.6) is 0 Å². The van der Waals surface area contributed by atoms with Gasteiger partial charge in [-0.3, -0.25) is 0 Å². The van der Waals surface area contributed by atoms with Crippen LogP contribution in [0.3, 0.4) is 0 Å². The minimum absolute atomic E-state index is 0.219. The summed E-state index contributed by atoms with van der Waals surface area (Å²) >= 11 is 0. The molecule has 0 aliphatic rings. The van der Waals surface area contributed by atoms with Gasteiger partial charge in [-0.15, -0.1) is 0 Å². The third-order valence-electron chi connectivity index (χ3n) is 0.503. The summed E-state index contributed by atoms with van der Waals surface area (Å²) < 4.78 is 53.4. The van der Waals surface area contributed by atoms with Crippen LogP contribution in [0.25, 0.3) is 0 Å². The van der Waals surface area contributed by atoms with Crippen molar-refractivity contribution < 1.29 is 21.6 Å². The highest BCUT2D eigenvalue weighted by Crippen LogP contribution is 2.30. The Balaban J connectivity index is 4.57. The molecule has 0 fully saturated rings. The quantitative estimate of drug-likeness (QED) is 0.568. The average molecular weight is 180 g/mol. The summed E-state index contributed by atoms with van der Waals surface area (Å²) in [6, 6.07) is 0. The molecule has 2 nitrogen and oxygen atoms in total. The first-order valence-electron chi connectivity index (χ1n) is 1.68. The van der Waals surface area contributed by atoms with Crippen molar-refractivity contribution in [3.63, 3.8) is 0 Å². The molecule has 0 aliphatic heterocycles. The number of halogens is 3. The topological polar surface area (TPSA) is 34.1 Å². The summed E-state index contributed by atoms with van der Waals surface area (Å²) in [6.45, 7) is 0. The van der Waals surface area contributed by atoms with Crippen molar-refractivity contribution >= 4 is 19.7 Å². The Morgan fingerprint density at radius 1 is 1.33 bits per heavy atom. The molecule has 0 aliphatic carbocycles. The molecule has 0 saturated carbocycles. The lowest BCUT2D eigenvalue weighted by Crippen LogP contribution is -2.18. The fourth-order valence-corrected chi connectivity index (χ4v) is 0.850. The van der Waals surface area contributed by atoms with Crippen LogP contribution in [-0.4, -0.2) is 20.2 Å². The van der Waals surface area contributed by atoms with Crippen molar-refractivity contribution in [1.29, 1.82) is 0 Å². The van der Waals surface area contributed by atoms with Gasteiger partial charge in [0, 0.05) is 0 Å². The van der Waals surface area contributed by atoms with E-state index in [4.69, 9.17) is 0 Å². The van der Waals surface area contributed by atoms with Crippen molar-refractivity contribution in [2.24, 2.45) is 0 Å². The van der Waals surface area contributed by atoms with Gasteiger partial charge in [0.25, 0.3) is 8.87 Å². The molecule has 56 valence electrons. The van der Waals surface area contributed by atoms with Crippen molar-refractivity contribution in [2.75, 3.05) is 6.26 Å². The monoisotopic (exact) mass is 180 g/mol. The van der Waals surface area contributed by atoms with Crippen LogP contribution in [0.15, 0.2) is 0 Å². The standard InChI is InChI=1S/C2H3F3O2S2/c1-8-9(6,7)2(3,4)5/h1H3. The maximum absolute atomic E-state index is 11.2. The smallest absolute Gasteiger partial charge is 0.208 e. The van der Waals surface area contributed by atoms with Crippen LogP contribution >= 0.6 is 10.8 Å². The first-order valence-corrected chi connectivity index (χ1v) is 4.90. The predicted molar refractivity (Wildman–Crippen MR) is 28.5 cm³/mol. The van der Waals surface area contributed by atoms with E-state index in [0.29, 0.717) is 0 Å². The fraction of sp³-hybridized carbons (Fsp3) is 1.00. The van der Waals surface area contributed by atoms with Gasteiger partial charge in [-0.25, -0.2) is 8.42 Å². The molecule has 0 saturated heterocycles. The minimum atomic E-state index is -5.12. The molecular weight excluding hydrogens is 177 g/mol. The second kappa shape index (κ2) is 2.37. The largest absolute Gasteiger partial charge is 0.507 e. The second-order valence-electron chi connectivity index (χ2n) is 1.07. The van der Waals surface area contributed by atoms with Gasteiger partial charge in [-0.05, 0) is 17.0 Å². The molecule has 0 spiro atoms. The van der Waals surface area contributed by atoms with Gasteiger partial charge in [0.1, 0.15) is 0 Å². The van der Waals surface area contributed by atoms with E-state index >= 15 is 0 Å². The van der Waals surface area contributed by atoms with Gasteiger partial charge >= 0.3 is 5.51 Å². The van der Waals surface area contributed by atoms with E-state index in [-0.39, 0.29) is 10.8 Å². The van der Waals surface area contributed by atoms with Crippen molar-refractivity contribution in [1.82, 2.24) is 0 Å². The predicted octanol–water partition coefficient (Wildman–Crippen LogP) is 1.20. The van der Waals surface area contributed by atoms with E-state index in [2.05, 4.69) is 0 Å². The Morgan fingerprint density at radius 2 is 1.67 bits per heavy atom. The zero-order chi connectivity index (χ0) is 7.71.